The maximum absolute atomic E-state index is 13.4. The second kappa shape index (κ2) is 7.75. The van der Waals surface area contributed by atoms with Crippen molar-refractivity contribution in [3.8, 4) is 5.75 Å². The molecule has 0 unspecified atom stereocenters. The lowest BCUT2D eigenvalue weighted by Gasteiger charge is -2.32. The second-order valence-corrected chi connectivity index (χ2v) is 6.33. The third kappa shape index (κ3) is 4.08. The van der Waals surface area contributed by atoms with Gasteiger partial charge in [0.2, 0.25) is 0 Å². The Morgan fingerprint density at radius 3 is 2.78 bits per heavy atom. The van der Waals surface area contributed by atoms with Gasteiger partial charge in [-0.1, -0.05) is 6.07 Å². The fourth-order valence-electron chi connectivity index (χ4n) is 2.90. The smallest absolute Gasteiger partial charge is 0.331 e. The van der Waals surface area contributed by atoms with Gasteiger partial charge in [0.15, 0.2) is 0 Å². The van der Waals surface area contributed by atoms with Gasteiger partial charge in [-0.25, -0.2) is 9.18 Å². The van der Waals surface area contributed by atoms with Crippen LogP contribution in [-0.2, 0) is 18.8 Å². The van der Waals surface area contributed by atoms with Crippen LogP contribution in [0.1, 0.15) is 16.9 Å². The summed E-state index contributed by atoms with van der Waals surface area (Å²) >= 11 is 0. The van der Waals surface area contributed by atoms with E-state index in [0.717, 1.165) is 15.2 Å². The molecule has 2 atom stereocenters. The molecule has 0 spiro atoms. The van der Waals surface area contributed by atoms with Gasteiger partial charge in [0.05, 0.1) is 19.3 Å². The molecule has 1 N–H and O–H groups in total. The lowest BCUT2D eigenvalue weighted by Crippen LogP contribution is -2.53. The minimum absolute atomic E-state index is 0.0572. The number of benzene rings is 1. The van der Waals surface area contributed by atoms with Crippen molar-refractivity contribution in [2.75, 3.05) is 13.2 Å². The van der Waals surface area contributed by atoms with Gasteiger partial charge >= 0.3 is 5.69 Å². The van der Waals surface area contributed by atoms with Gasteiger partial charge in [-0.15, -0.1) is 0 Å². The Balaban J connectivity index is 1.79. The van der Waals surface area contributed by atoms with Crippen molar-refractivity contribution in [2.24, 2.45) is 14.1 Å². The van der Waals surface area contributed by atoms with Gasteiger partial charge in [0.1, 0.15) is 23.4 Å². The van der Waals surface area contributed by atoms with Crippen molar-refractivity contribution in [3.63, 3.8) is 0 Å². The Kier molecular flexibility index (Phi) is 5.41. The Hall–Kier alpha value is -2.94. The third-order valence-electron chi connectivity index (χ3n) is 4.45. The van der Waals surface area contributed by atoms with Crippen LogP contribution in [0, 0.1) is 5.82 Å². The molecule has 9 heteroatoms. The van der Waals surface area contributed by atoms with Crippen molar-refractivity contribution >= 4 is 5.91 Å². The minimum atomic E-state index is -0.597. The number of carbonyl (C=O) groups excluding carboxylic acids is 1. The Labute approximate surface area is 154 Å². The largest absolute Gasteiger partial charge is 0.488 e. The van der Waals surface area contributed by atoms with Crippen LogP contribution in [0.2, 0.25) is 0 Å². The molecule has 1 amide bonds. The highest BCUT2D eigenvalue weighted by Gasteiger charge is 2.30. The van der Waals surface area contributed by atoms with Crippen molar-refractivity contribution in [1.82, 2.24) is 14.5 Å². The zero-order valence-electron chi connectivity index (χ0n) is 15.0. The SMILES string of the molecule is Cn1c(C(=O)N[C@@H]2COCC[C@@H]2Oc2cccc(F)c2)cc(=O)n(C)c1=O. The molecule has 1 saturated heterocycles. The first-order valence-corrected chi connectivity index (χ1v) is 8.44. The fraction of sp³-hybridized carbons (Fsp3) is 0.389. The van der Waals surface area contributed by atoms with Crippen LogP contribution in [-0.4, -0.2) is 40.4 Å². The summed E-state index contributed by atoms with van der Waals surface area (Å²) in [6.07, 6.45) is 0.0600. The number of carbonyl (C=O) groups is 1. The molecule has 1 fully saturated rings. The van der Waals surface area contributed by atoms with E-state index in [2.05, 4.69) is 5.32 Å². The van der Waals surface area contributed by atoms with Crippen molar-refractivity contribution in [3.05, 3.63) is 62.7 Å². The molecule has 1 aliphatic rings. The van der Waals surface area contributed by atoms with E-state index < -0.39 is 35.1 Å². The molecule has 2 aromatic rings. The van der Waals surface area contributed by atoms with E-state index in [0.29, 0.717) is 18.8 Å². The lowest BCUT2D eigenvalue weighted by molar-refractivity contribution is -0.00310. The van der Waals surface area contributed by atoms with E-state index >= 15 is 0 Å². The average Bonchev–Trinajstić information content (AvgIpc) is 2.64. The normalized spacial score (nSPS) is 19.5. The zero-order chi connectivity index (χ0) is 19.6. The molecule has 0 aliphatic carbocycles. The van der Waals surface area contributed by atoms with Gasteiger partial charge in [-0.2, -0.15) is 0 Å². The van der Waals surface area contributed by atoms with E-state index in [1.807, 2.05) is 0 Å². The molecule has 3 rings (SSSR count). The summed E-state index contributed by atoms with van der Waals surface area (Å²) in [6.45, 7) is 0.640. The average molecular weight is 377 g/mol. The highest BCUT2D eigenvalue weighted by molar-refractivity contribution is 5.92. The molecule has 27 heavy (non-hydrogen) atoms. The Morgan fingerprint density at radius 2 is 2.04 bits per heavy atom. The molecular weight excluding hydrogens is 357 g/mol. The van der Waals surface area contributed by atoms with E-state index in [1.54, 1.807) is 6.07 Å². The summed E-state index contributed by atoms with van der Waals surface area (Å²) in [5.74, 6) is -0.659. The van der Waals surface area contributed by atoms with Crippen LogP contribution in [0.3, 0.4) is 0 Å². The summed E-state index contributed by atoms with van der Waals surface area (Å²) < 4.78 is 26.6. The summed E-state index contributed by atoms with van der Waals surface area (Å²) in [5.41, 5.74) is -1.23. The van der Waals surface area contributed by atoms with Crippen LogP contribution in [0.25, 0.3) is 0 Å². The molecule has 2 heterocycles. The number of halogens is 1. The van der Waals surface area contributed by atoms with Crippen LogP contribution in [0.15, 0.2) is 39.9 Å². The molecule has 0 bridgehead atoms. The first kappa shape index (κ1) is 18.8. The van der Waals surface area contributed by atoms with E-state index in [-0.39, 0.29) is 12.3 Å². The van der Waals surface area contributed by atoms with Gasteiger partial charge in [-0.05, 0) is 12.1 Å². The Bertz CT molecular complexity index is 968. The number of amides is 1. The standard InChI is InChI=1S/C18H20FN3O5/c1-21-14(9-16(23)22(2)18(21)25)17(24)20-13-10-26-7-6-15(13)27-12-5-3-4-11(19)8-12/h3-5,8-9,13,15H,6-7,10H2,1-2H3,(H,20,24)/t13-,15+/m1/s1. The van der Waals surface area contributed by atoms with Crippen LogP contribution in [0.5, 0.6) is 5.75 Å². The minimum Gasteiger partial charge on any atom is -0.488 e. The predicted octanol–water partition coefficient (Wildman–Crippen LogP) is 0.189. The zero-order valence-corrected chi connectivity index (χ0v) is 15.0. The number of rotatable bonds is 4. The van der Waals surface area contributed by atoms with E-state index in [9.17, 15) is 18.8 Å². The first-order valence-electron chi connectivity index (χ1n) is 8.44. The maximum Gasteiger partial charge on any atom is 0.331 e. The second-order valence-electron chi connectivity index (χ2n) is 6.33. The monoisotopic (exact) mass is 377 g/mol. The molecule has 0 radical (unpaired) electrons. The van der Waals surface area contributed by atoms with E-state index in [4.69, 9.17) is 9.47 Å². The summed E-state index contributed by atoms with van der Waals surface area (Å²) in [7, 11) is 2.75. The van der Waals surface area contributed by atoms with Crippen LogP contribution < -0.4 is 21.3 Å². The molecule has 144 valence electrons. The van der Waals surface area contributed by atoms with Crippen LogP contribution >= 0.6 is 0 Å². The number of ether oxygens (including phenoxy) is 2. The van der Waals surface area contributed by atoms with Crippen molar-refractivity contribution in [1.29, 1.82) is 0 Å². The van der Waals surface area contributed by atoms with Gasteiger partial charge < -0.3 is 14.8 Å². The van der Waals surface area contributed by atoms with Gasteiger partial charge in [-0.3, -0.25) is 18.7 Å². The number of nitrogens with zero attached hydrogens (tertiary/aromatic N) is 2. The number of nitrogens with one attached hydrogen (secondary N) is 1. The van der Waals surface area contributed by atoms with Crippen molar-refractivity contribution in [2.45, 2.75) is 18.6 Å². The number of hydrogen-bond donors (Lipinski definition) is 1. The first-order chi connectivity index (χ1) is 12.9. The van der Waals surface area contributed by atoms with Crippen molar-refractivity contribution < 1.29 is 18.7 Å². The fourth-order valence-corrected chi connectivity index (χ4v) is 2.90. The summed E-state index contributed by atoms with van der Waals surface area (Å²) in [6, 6.07) is 6.32. The number of hydrogen-bond acceptors (Lipinski definition) is 5. The molecule has 0 saturated carbocycles. The third-order valence-corrected chi connectivity index (χ3v) is 4.45. The van der Waals surface area contributed by atoms with Gasteiger partial charge in [0, 0.05) is 32.6 Å². The molecule has 1 aliphatic heterocycles. The maximum atomic E-state index is 13.4. The number of aromatic nitrogens is 2. The summed E-state index contributed by atoms with van der Waals surface area (Å²) in [4.78, 5) is 36.4. The molecule has 8 nitrogen and oxygen atoms in total. The van der Waals surface area contributed by atoms with E-state index in [1.165, 1.54) is 32.3 Å². The Morgan fingerprint density at radius 1 is 1.26 bits per heavy atom. The van der Waals surface area contributed by atoms with Crippen LogP contribution in [0.4, 0.5) is 4.39 Å². The van der Waals surface area contributed by atoms with Gasteiger partial charge in [0.25, 0.3) is 11.5 Å². The summed E-state index contributed by atoms with van der Waals surface area (Å²) in [5, 5.41) is 2.74. The predicted molar refractivity (Wildman–Crippen MR) is 94.4 cm³/mol. The quantitative estimate of drug-likeness (QED) is 0.821. The molecular formula is C18H20FN3O5. The highest BCUT2D eigenvalue weighted by atomic mass is 19.1. The molecule has 1 aromatic carbocycles. The highest BCUT2D eigenvalue weighted by Crippen LogP contribution is 2.19. The molecule has 1 aromatic heterocycles. The topological polar surface area (TPSA) is 91.6 Å². The lowest BCUT2D eigenvalue weighted by atomic mass is 10.1.